The first-order valence-electron chi connectivity index (χ1n) is 7.72. The lowest BCUT2D eigenvalue weighted by atomic mass is 9.99. The minimum atomic E-state index is -1.56. The van der Waals surface area contributed by atoms with Crippen molar-refractivity contribution in [3.63, 3.8) is 0 Å². The van der Waals surface area contributed by atoms with Gasteiger partial charge in [-0.2, -0.15) is 0 Å². The van der Waals surface area contributed by atoms with Gasteiger partial charge < -0.3 is 39.7 Å². The standard InChI is InChI=1S/C16H22O9/c1-23-11-6-8(9(19)4-5-17)2-3-10(11)24-16-15(22)14(21)13(20)12(7-18)25-16/h2-3,6,12-18,20-22H,4-5,7H2,1H3. The van der Waals surface area contributed by atoms with Crippen LogP contribution < -0.4 is 9.47 Å². The molecule has 1 fully saturated rings. The molecular weight excluding hydrogens is 336 g/mol. The zero-order chi connectivity index (χ0) is 18.6. The fraction of sp³-hybridized carbons (Fsp3) is 0.562. The fourth-order valence-corrected chi connectivity index (χ4v) is 2.47. The van der Waals surface area contributed by atoms with E-state index in [1.807, 2.05) is 0 Å². The largest absolute Gasteiger partial charge is 0.493 e. The molecule has 9 nitrogen and oxygen atoms in total. The van der Waals surface area contributed by atoms with Crippen molar-refractivity contribution in [2.75, 3.05) is 20.3 Å². The number of benzene rings is 1. The second-order valence-electron chi connectivity index (χ2n) is 5.58. The van der Waals surface area contributed by atoms with Crippen LogP contribution in [-0.2, 0) is 4.74 Å². The Hall–Kier alpha value is -1.75. The molecule has 5 N–H and O–H groups in total. The van der Waals surface area contributed by atoms with Gasteiger partial charge in [-0.25, -0.2) is 0 Å². The van der Waals surface area contributed by atoms with Crippen molar-refractivity contribution in [3.05, 3.63) is 23.8 Å². The van der Waals surface area contributed by atoms with Crippen molar-refractivity contribution in [1.29, 1.82) is 0 Å². The summed E-state index contributed by atoms with van der Waals surface area (Å²) in [6.45, 7) is -0.846. The maximum absolute atomic E-state index is 11.8. The maximum atomic E-state index is 11.8. The quantitative estimate of drug-likeness (QED) is 0.365. The number of hydrogen-bond acceptors (Lipinski definition) is 9. The lowest BCUT2D eigenvalue weighted by Gasteiger charge is -2.39. The molecule has 1 saturated heterocycles. The van der Waals surface area contributed by atoms with Gasteiger partial charge in [0.1, 0.15) is 24.4 Å². The smallest absolute Gasteiger partial charge is 0.229 e. The van der Waals surface area contributed by atoms with Crippen LogP contribution >= 0.6 is 0 Å². The number of ketones is 1. The van der Waals surface area contributed by atoms with E-state index in [0.717, 1.165) is 0 Å². The molecule has 1 aromatic rings. The summed E-state index contributed by atoms with van der Waals surface area (Å²) in [7, 11) is 1.36. The predicted octanol–water partition coefficient (Wildman–Crippen LogP) is -1.56. The molecule has 0 aliphatic carbocycles. The van der Waals surface area contributed by atoms with Crippen molar-refractivity contribution in [2.24, 2.45) is 0 Å². The maximum Gasteiger partial charge on any atom is 0.229 e. The summed E-state index contributed by atoms with van der Waals surface area (Å²) in [5.74, 6) is 0.0355. The number of Topliss-reactive ketones (excluding diaryl/α,β-unsaturated/α-hetero) is 1. The van der Waals surface area contributed by atoms with Crippen LogP contribution in [0.15, 0.2) is 18.2 Å². The Morgan fingerprint density at radius 1 is 1.12 bits per heavy atom. The second-order valence-corrected chi connectivity index (χ2v) is 5.58. The summed E-state index contributed by atoms with van der Waals surface area (Å²) in [5, 5.41) is 47.5. The highest BCUT2D eigenvalue weighted by Crippen LogP contribution is 2.32. The first kappa shape index (κ1) is 19.6. The number of rotatable bonds is 7. The topological polar surface area (TPSA) is 146 Å². The van der Waals surface area contributed by atoms with E-state index in [0.29, 0.717) is 5.56 Å². The molecule has 140 valence electrons. The van der Waals surface area contributed by atoms with Gasteiger partial charge in [0.25, 0.3) is 0 Å². The lowest BCUT2D eigenvalue weighted by molar-refractivity contribution is -0.277. The van der Waals surface area contributed by atoms with E-state index < -0.39 is 37.3 Å². The first-order chi connectivity index (χ1) is 11.9. The van der Waals surface area contributed by atoms with E-state index in [9.17, 15) is 25.2 Å². The van der Waals surface area contributed by atoms with Gasteiger partial charge in [0, 0.05) is 12.0 Å². The number of hydrogen-bond donors (Lipinski definition) is 5. The average Bonchev–Trinajstić information content (AvgIpc) is 2.62. The number of carbonyl (C=O) groups excluding carboxylic acids is 1. The molecule has 1 aliphatic heterocycles. The first-order valence-corrected chi connectivity index (χ1v) is 7.72. The van der Waals surface area contributed by atoms with Crippen LogP contribution in [0, 0.1) is 0 Å². The molecule has 25 heavy (non-hydrogen) atoms. The molecule has 0 radical (unpaired) electrons. The Bertz CT molecular complexity index is 589. The van der Waals surface area contributed by atoms with Gasteiger partial charge in [0.15, 0.2) is 17.3 Å². The van der Waals surface area contributed by atoms with Crippen molar-refractivity contribution >= 4 is 5.78 Å². The number of ether oxygens (including phenoxy) is 3. The van der Waals surface area contributed by atoms with Crippen molar-refractivity contribution in [2.45, 2.75) is 37.1 Å². The van der Waals surface area contributed by atoms with Crippen LogP contribution in [0.4, 0.5) is 0 Å². The average molecular weight is 358 g/mol. The summed E-state index contributed by atoms with van der Waals surface area (Å²) >= 11 is 0. The van der Waals surface area contributed by atoms with E-state index in [-0.39, 0.29) is 30.3 Å². The molecular formula is C16H22O9. The fourth-order valence-electron chi connectivity index (χ4n) is 2.47. The Morgan fingerprint density at radius 2 is 1.84 bits per heavy atom. The van der Waals surface area contributed by atoms with E-state index in [1.54, 1.807) is 0 Å². The van der Waals surface area contributed by atoms with Gasteiger partial charge in [0.05, 0.1) is 20.3 Å². The highest BCUT2D eigenvalue weighted by Gasteiger charge is 2.44. The number of aliphatic hydroxyl groups excluding tert-OH is 5. The molecule has 0 aromatic heterocycles. The highest BCUT2D eigenvalue weighted by atomic mass is 16.7. The van der Waals surface area contributed by atoms with E-state index in [1.165, 1.54) is 25.3 Å². The summed E-state index contributed by atoms with van der Waals surface area (Å²) in [4.78, 5) is 11.8. The lowest BCUT2D eigenvalue weighted by Crippen LogP contribution is -2.60. The monoisotopic (exact) mass is 358 g/mol. The molecule has 1 aromatic carbocycles. The Labute approximate surface area is 144 Å². The Morgan fingerprint density at radius 3 is 2.44 bits per heavy atom. The third kappa shape index (κ3) is 4.27. The van der Waals surface area contributed by atoms with Crippen LogP contribution in [0.25, 0.3) is 0 Å². The minimum Gasteiger partial charge on any atom is -0.493 e. The van der Waals surface area contributed by atoms with E-state index in [4.69, 9.17) is 19.3 Å². The zero-order valence-electron chi connectivity index (χ0n) is 13.6. The minimum absolute atomic E-state index is 0.0317. The third-order valence-electron chi connectivity index (χ3n) is 3.92. The Balaban J connectivity index is 2.19. The number of aliphatic hydroxyl groups is 5. The molecule has 2 rings (SSSR count). The molecule has 1 aliphatic rings. The van der Waals surface area contributed by atoms with Crippen molar-refractivity contribution < 1.29 is 44.5 Å². The van der Waals surface area contributed by atoms with E-state index >= 15 is 0 Å². The second kappa shape index (κ2) is 8.56. The summed E-state index contributed by atoms with van der Waals surface area (Å²) < 4.78 is 15.9. The van der Waals surface area contributed by atoms with Crippen LogP contribution in [-0.4, -0.2) is 82.3 Å². The molecule has 0 amide bonds. The molecule has 5 unspecified atom stereocenters. The van der Waals surface area contributed by atoms with Gasteiger partial charge in [0.2, 0.25) is 6.29 Å². The van der Waals surface area contributed by atoms with Crippen molar-refractivity contribution in [3.8, 4) is 11.5 Å². The van der Waals surface area contributed by atoms with Gasteiger partial charge in [-0.05, 0) is 18.2 Å². The third-order valence-corrected chi connectivity index (χ3v) is 3.92. The molecule has 5 atom stereocenters. The predicted molar refractivity (Wildman–Crippen MR) is 83.4 cm³/mol. The van der Waals surface area contributed by atoms with Crippen LogP contribution in [0.1, 0.15) is 16.8 Å². The van der Waals surface area contributed by atoms with Crippen LogP contribution in [0.3, 0.4) is 0 Å². The summed E-state index contributed by atoms with van der Waals surface area (Å²) in [6, 6.07) is 4.29. The van der Waals surface area contributed by atoms with Gasteiger partial charge in [-0.1, -0.05) is 0 Å². The normalized spacial score (nSPS) is 29.3. The van der Waals surface area contributed by atoms with Crippen LogP contribution in [0.5, 0.6) is 11.5 Å². The summed E-state index contributed by atoms with van der Waals surface area (Å²) in [6.07, 6.45) is -7.09. The molecule has 1 heterocycles. The Kier molecular flexibility index (Phi) is 6.71. The van der Waals surface area contributed by atoms with Gasteiger partial charge >= 0.3 is 0 Å². The van der Waals surface area contributed by atoms with Crippen molar-refractivity contribution in [1.82, 2.24) is 0 Å². The summed E-state index contributed by atoms with van der Waals surface area (Å²) in [5.41, 5.74) is 0.312. The van der Waals surface area contributed by atoms with Crippen LogP contribution in [0.2, 0.25) is 0 Å². The number of methoxy groups -OCH3 is 1. The molecule has 0 saturated carbocycles. The molecule has 9 heteroatoms. The molecule has 0 spiro atoms. The SMILES string of the molecule is COc1cc(C(=O)CCO)ccc1OC1OC(CO)C(O)C(O)C1O. The van der Waals surface area contributed by atoms with Gasteiger partial charge in [-0.15, -0.1) is 0 Å². The molecule has 0 bridgehead atoms. The highest BCUT2D eigenvalue weighted by molar-refractivity contribution is 5.96. The number of carbonyl (C=O) groups is 1. The zero-order valence-corrected chi connectivity index (χ0v) is 13.6. The van der Waals surface area contributed by atoms with E-state index in [2.05, 4.69) is 0 Å². The van der Waals surface area contributed by atoms with Gasteiger partial charge in [-0.3, -0.25) is 4.79 Å².